The summed E-state index contributed by atoms with van der Waals surface area (Å²) in [5, 5.41) is 9.43. The molecule has 0 unspecified atom stereocenters. The monoisotopic (exact) mass is 248 g/mol. The lowest BCUT2D eigenvalue weighted by Gasteiger charge is -2.22. The summed E-state index contributed by atoms with van der Waals surface area (Å²) in [6, 6.07) is 6.00. The molecule has 1 N–H and O–H groups in total. The van der Waals surface area contributed by atoms with Crippen LogP contribution < -0.4 is 9.47 Å². The molecule has 0 amide bonds. The Morgan fingerprint density at radius 2 is 1.83 bits per heavy atom. The number of ether oxygens (including phenoxy) is 2. The molecule has 0 saturated heterocycles. The molecule has 1 aliphatic heterocycles. The molecule has 1 heterocycles. The van der Waals surface area contributed by atoms with Crippen LogP contribution in [0.25, 0.3) is 0 Å². The van der Waals surface area contributed by atoms with Crippen LogP contribution in [-0.4, -0.2) is 17.5 Å². The third-order valence-electron chi connectivity index (χ3n) is 4.08. The zero-order chi connectivity index (χ0) is 12.8. The quantitative estimate of drug-likeness (QED) is 0.874. The number of hydrogen-bond acceptors (Lipinski definition) is 3. The fourth-order valence-corrected chi connectivity index (χ4v) is 2.72. The largest absolute Gasteiger partial charge is 0.448 e. The number of rotatable bonds is 2. The Morgan fingerprint density at radius 1 is 1.17 bits per heavy atom. The predicted molar refractivity (Wildman–Crippen MR) is 69.0 cm³/mol. The summed E-state index contributed by atoms with van der Waals surface area (Å²) in [5.74, 6) is 1.27. The van der Waals surface area contributed by atoms with Crippen molar-refractivity contribution in [3.05, 3.63) is 23.8 Å². The summed E-state index contributed by atoms with van der Waals surface area (Å²) >= 11 is 0. The van der Waals surface area contributed by atoms with E-state index in [-0.39, 0.29) is 12.0 Å². The third-order valence-corrected chi connectivity index (χ3v) is 4.08. The minimum Gasteiger partial charge on any atom is -0.448 e. The lowest BCUT2D eigenvalue weighted by Crippen LogP contribution is -2.34. The van der Waals surface area contributed by atoms with Gasteiger partial charge in [0.15, 0.2) is 11.5 Å². The molecular formula is C15H20O3. The van der Waals surface area contributed by atoms with Crippen LogP contribution in [0.15, 0.2) is 18.2 Å². The van der Waals surface area contributed by atoms with Gasteiger partial charge in [-0.15, -0.1) is 0 Å². The first-order chi connectivity index (χ1) is 8.55. The number of benzene rings is 1. The Balaban J connectivity index is 1.91. The summed E-state index contributed by atoms with van der Waals surface area (Å²) in [7, 11) is 0. The maximum absolute atomic E-state index is 9.43. The molecule has 3 nitrogen and oxygen atoms in total. The van der Waals surface area contributed by atoms with Crippen molar-refractivity contribution in [3.63, 3.8) is 0 Å². The lowest BCUT2D eigenvalue weighted by atomic mass is 9.85. The van der Waals surface area contributed by atoms with E-state index in [1.54, 1.807) is 0 Å². The lowest BCUT2D eigenvalue weighted by molar-refractivity contribution is -0.0716. The summed E-state index contributed by atoms with van der Waals surface area (Å²) in [5.41, 5.74) is 0.839. The van der Waals surface area contributed by atoms with Crippen LogP contribution in [0.5, 0.6) is 11.5 Å². The minimum atomic E-state index is -0.398. The van der Waals surface area contributed by atoms with Gasteiger partial charge in [-0.2, -0.15) is 0 Å². The van der Waals surface area contributed by atoms with Gasteiger partial charge < -0.3 is 14.6 Å². The van der Waals surface area contributed by atoms with E-state index in [1.165, 1.54) is 12.8 Å². The molecule has 1 aromatic rings. The number of fused-ring (bicyclic) bond motifs is 1. The number of aliphatic hydroxyl groups excluding tert-OH is 1. The van der Waals surface area contributed by atoms with Crippen LogP contribution >= 0.6 is 0 Å². The standard InChI is InChI=1S/C15H20O3/c1-14(2,10-16)11-5-6-12-13(9-11)18-15(17-12)7-3-4-8-15/h5-6,9,16H,3-4,7-8,10H2,1-2H3. The summed E-state index contributed by atoms with van der Waals surface area (Å²) in [6.07, 6.45) is 4.28. The first-order valence-electron chi connectivity index (χ1n) is 6.68. The van der Waals surface area contributed by atoms with Crippen LogP contribution in [0.3, 0.4) is 0 Å². The van der Waals surface area contributed by atoms with Gasteiger partial charge in [-0.1, -0.05) is 19.9 Å². The molecule has 1 aliphatic carbocycles. The molecule has 0 aromatic heterocycles. The third kappa shape index (κ3) is 1.77. The van der Waals surface area contributed by atoms with Gasteiger partial charge in [-0.05, 0) is 30.5 Å². The zero-order valence-corrected chi connectivity index (χ0v) is 11.0. The van der Waals surface area contributed by atoms with E-state index < -0.39 is 5.79 Å². The van der Waals surface area contributed by atoms with Gasteiger partial charge in [-0.3, -0.25) is 0 Å². The van der Waals surface area contributed by atoms with E-state index in [4.69, 9.17) is 9.47 Å². The Labute approximate surface area is 108 Å². The molecule has 0 atom stereocenters. The van der Waals surface area contributed by atoms with Crippen LogP contribution in [0.1, 0.15) is 45.1 Å². The molecule has 3 rings (SSSR count). The second-order valence-corrected chi connectivity index (χ2v) is 6.03. The Hall–Kier alpha value is -1.22. The Morgan fingerprint density at radius 3 is 2.50 bits per heavy atom. The second-order valence-electron chi connectivity index (χ2n) is 6.03. The summed E-state index contributed by atoms with van der Waals surface area (Å²) in [6.45, 7) is 4.17. The number of hydrogen-bond donors (Lipinski definition) is 1. The van der Waals surface area contributed by atoms with Gasteiger partial charge in [0.25, 0.3) is 5.79 Å². The van der Waals surface area contributed by atoms with E-state index in [1.807, 2.05) is 32.0 Å². The fourth-order valence-electron chi connectivity index (χ4n) is 2.72. The molecular weight excluding hydrogens is 228 g/mol. The highest BCUT2D eigenvalue weighted by Crippen LogP contribution is 2.47. The van der Waals surface area contributed by atoms with Crippen LogP contribution in [0.4, 0.5) is 0 Å². The molecule has 1 fully saturated rings. The van der Waals surface area contributed by atoms with Crippen molar-refractivity contribution >= 4 is 0 Å². The molecule has 18 heavy (non-hydrogen) atoms. The van der Waals surface area contributed by atoms with Gasteiger partial charge in [0.2, 0.25) is 0 Å². The first-order valence-corrected chi connectivity index (χ1v) is 6.68. The van der Waals surface area contributed by atoms with Crippen molar-refractivity contribution < 1.29 is 14.6 Å². The number of aliphatic hydroxyl groups is 1. The van der Waals surface area contributed by atoms with E-state index in [2.05, 4.69) is 0 Å². The van der Waals surface area contributed by atoms with Crippen molar-refractivity contribution in [2.45, 2.75) is 50.7 Å². The van der Waals surface area contributed by atoms with Crippen molar-refractivity contribution in [1.29, 1.82) is 0 Å². The van der Waals surface area contributed by atoms with Crippen molar-refractivity contribution in [1.82, 2.24) is 0 Å². The van der Waals surface area contributed by atoms with Gasteiger partial charge in [0.05, 0.1) is 6.61 Å². The average molecular weight is 248 g/mol. The minimum absolute atomic E-state index is 0.123. The van der Waals surface area contributed by atoms with E-state index in [0.717, 1.165) is 29.9 Å². The molecule has 0 radical (unpaired) electrons. The van der Waals surface area contributed by atoms with Crippen LogP contribution in [0, 0.1) is 0 Å². The first kappa shape index (κ1) is 11.8. The maximum atomic E-state index is 9.43. The topological polar surface area (TPSA) is 38.7 Å². The predicted octanol–water partition coefficient (Wildman–Crippen LogP) is 3.00. The van der Waals surface area contributed by atoms with E-state index >= 15 is 0 Å². The molecule has 1 spiro atoms. The highest BCUT2D eigenvalue weighted by atomic mass is 16.7. The van der Waals surface area contributed by atoms with Crippen molar-refractivity contribution in [3.8, 4) is 11.5 Å². The normalized spacial score (nSPS) is 20.6. The van der Waals surface area contributed by atoms with Gasteiger partial charge >= 0.3 is 0 Å². The van der Waals surface area contributed by atoms with Crippen LogP contribution in [-0.2, 0) is 5.41 Å². The second kappa shape index (κ2) is 3.89. The van der Waals surface area contributed by atoms with Crippen molar-refractivity contribution in [2.24, 2.45) is 0 Å². The average Bonchev–Trinajstić information content (AvgIpc) is 2.95. The zero-order valence-electron chi connectivity index (χ0n) is 11.0. The molecule has 0 bridgehead atoms. The fraction of sp³-hybridized carbons (Fsp3) is 0.600. The van der Waals surface area contributed by atoms with Gasteiger partial charge in [0, 0.05) is 18.3 Å². The van der Waals surface area contributed by atoms with Gasteiger partial charge in [-0.25, -0.2) is 0 Å². The van der Waals surface area contributed by atoms with E-state index in [0.29, 0.717) is 0 Å². The molecule has 3 heteroatoms. The summed E-state index contributed by atoms with van der Waals surface area (Å²) in [4.78, 5) is 0. The highest BCUT2D eigenvalue weighted by Gasteiger charge is 2.44. The molecule has 98 valence electrons. The molecule has 2 aliphatic rings. The SMILES string of the molecule is CC(C)(CO)c1ccc2c(c1)OC1(CCCC1)O2. The van der Waals surface area contributed by atoms with Crippen LogP contribution in [0.2, 0.25) is 0 Å². The molecule has 1 aromatic carbocycles. The Kier molecular flexibility index (Phi) is 2.56. The smallest absolute Gasteiger partial charge is 0.251 e. The molecule has 1 saturated carbocycles. The Bertz CT molecular complexity index is 459. The highest BCUT2D eigenvalue weighted by molar-refractivity contribution is 5.47. The van der Waals surface area contributed by atoms with Crippen molar-refractivity contribution in [2.75, 3.05) is 6.61 Å². The van der Waals surface area contributed by atoms with Gasteiger partial charge in [0.1, 0.15) is 0 Å². The van der Waals surface area contributed by atoms with E-state index in [9.17, 15) is 5.11 Å². The maximum Gasteiger partial charge on any atom is 0.251 e. The summed E-state index contributed by atoms with van der Waals surface area (Å²) < 4.78 is 12.0.